The molecule has 0 bridgehead atoms. The summed E-state index contributed by atoms with van der Waals surface area (Å²) in [7, 11) is 0. The highest BCUT2D eigenvalue weighted by atomic mass is 32.2. The average molecular weight is 341 g/mol. The topological polar surface area (TPSA) is 122 Å². The molecule has 2 N–H and O–H groups in total. The fraction of sp³-hybridized carbons (Fsp3) is 0.500. The van der Waals surface area contributed by atoms with Gasteiger partial charge < -0.3 is 10.4 Å². The molecule has 1 rings (SSSR count). The molecule has 0 aliphatic heterocycles. The number of nitrogens with zero attached hydrogens (tertiary/aromatic N) is 2. The van der Waals surface area contributed by atoms with Gasteiger partial charge in [-0.3, -0.25) is 14.9 Å². The Hall–Kier alpha value is -2.16. The molecular weight excluding hydrogens is 322 g/mol. The summed E-state index contributed by atoms with van der Waals surface area (Å²) in [6.07, 6.45) is 2.61. The van der Waals surface area contributed by atoms with Crippen molar-refractivity contribution in [1.29, 1.82) is 0 Å². The second-order valence-corrected chi connectivity index (χ2v) is 6.04. The molecule has 9 heteroatoms. The van der Waals surface area contributed by atoms with E-state index in [2.05, 4.69) is 10.3 Å². The van der Waals surface area contributed by atoms with Crippen LogP contribution in [0.1, 0.15) is 33.1 Å². The van der Waals surface area contributed by atoms with E-state index in [1.54, 1.807) is 6.92 Å². The molecule has 1 aromatic heterocycles. The molecule has 0 radical (unpaired) electrons. The Kier molecular flexibility index (Phi) is 7.46. The van der Waals surface area contributed by atoms with Crippen LogP contribution in [0.3, 0.4) is 0 Å². The summed E-state index contributed by atoms with van der Waals surface area (Å²) in [4.78, 5) is 37.3. The maximum absolute atomic E-state index is 12.2. The number of nitrogens with one attached hydrogen (secondary N) is 1. The van der Waals surface area contributed by atoms with E-state index >= 15 is 0 Å². The molecule has 0 aliphatic carbocycles. The zero-order valence-corrected chi connectivity index (χ0v) is 13.7. The van der Waals surface area contributed by atoms with E-state index in [9.17, 15) is 19.7 Å². The van der Waals surface area contributed by atoms with Gasteiger partial charge in [0.2, 0.25) is 5.91 Å². The Labute approximate surface area is 137 Å². The number of amides is 1. The monoisotopic (exact) mass is 341 g/mol. The molecule has 2 atom stereocenters. The van der Waals surface area contributed by atoms with Crippen LogP contribution in [0.25, 0.3) is 0 Å². The number of carboxylic acids is 1. The Morgan fingerprint density at radius 1 is 1.43 bits per heavy atom. The second-order valence-electron chi connectivity index (χ2n) is 4.81. The maximum atomic E-state index is 12.2. The van der Waals surface area contributed by atoms with Crippen molar-refractivity contribution >= 4 is 29.3 Å². The number of aromatic nitrogens is 1. The fourth-order valence-corrected chi connectivity index (χ4v) is 2.72. The minimum Gasteiger partial charge on any atom is -0.480 e. The van der Waals surface area contributed by atoms with E-state index in [4.69, 9.17) is 5.11 Å². The van der Waals surface area contributed by atoms with Gasteiger partial charge in [0.05, 0.1) is 15.2 Å². The number of rotatable bonds is 9. The Balaban J connectivity index is 2.73. The Morgan fingerprint density at radius 2 is 2.13 bits per heavy atom. The van der Waals surface area contributed by atoms with Crippen LogP contribution in [0, 0.1) is 10.1 Å². The van der Waals surface area contributed by atoms with E-state index in [1.165, 1.54) is 12.1 Å². The molecule has 8 nitrogen and oxygen atoms in total. The van der Waals surface area contributed by atoms with Crippen molar-refractivity contribution in [2.75, 3.05) is 0 Å². The number of carbonyl (C=O) groups excluding carboxylic acids is 1. The van der Waals surface area contributed by atoms with Gasteiger partial charge in [0, 0.05) is 6.07 Å². The van der Waals surface area contributed by atoms with Gasteiger partial charge in [-0.25, -0.2) is 9.78 Å². The van der Waals surface area contributed by atoms with E-state index < -0.39 is 22.2 Å². The average Bonchev–Trinajstić information content (AvgIpc) is 2.52. The summed E-state index contributed by atoms with van der Waals surface area (Å²) >= 11 is 1.15. The van der Waals surface area contributed by atoms with E-state index in [1.807, 2.05) is 6.92 Å². The minimum absolute atomic E-state index is 0.124. The van der Waals surface area contributed by atoms with Gasteiger partial charge in [-0.15, -0.1) is 0 Å². The van der Waals surface area contributed by atoms with Crippen LogP contribution >= 0.6 is 11.8 Å². The van der Waals surface area contributed by atoms with Gasteiger partial charge in [0.15, 0.2) is 0 Å². The van der Waals surface area contributed by atoms with Crippen LogP contribution < -0.4 is 5.32 Å². The van der Waals surface area contributed by atoms with Crippen LogP contribution in [0.2, 0.25) is 0 Å². The quantitative estimate of drug-likeness (QED) is 0.401. The number of carbonyl (C=O) groups is 2. The number of nitro groups is 1. The van der Waals surface area contributed by atoms with Gasteiger partial charge in [0.1, 0.15) is 12.2 Å². The van der Waals surface area contributed by atoms with Crippen molar-refractivity contribution in [2.24, 2.45) is 0 Å². The van der Waals surface area contributed by atoms with Crippen LogP contribution in [0.4, 0.5) is 5.69 Å². The first-order valence-electron chi connectivity index (χ1n) is 7.19. The highest BCUT2D eigenvalue weighted by Crippen LogP contribution is 2.25. The van der Waals surface area contributed by atoms with Gasteiger partial charge in [-0.2, -0.15) is 0 Å². The standard InChI is InChI=1S/C14H19N3O5S/c1-3-5-10(14(19)20)16-13(18)11(4-2)23-12-7-6-9(8-15-12)17(21)22/h6-8,10-11H,3-5H2,1-2H3,(H,16,18)(H,19,20). The molecular formula is C14H19N3O5S. The Morgan fingerprint density at radius 3 is 2.57 bits per heavy atom. The van der Waals surface area contributed by atoms with Gasteiger partial charge in [-0.1, -0.05) is 32.0 Å². The van der Waals surface area contributed by atoms with Crippen molar-refractivity contribution in [3.05, 3.63) is 28.4 Å². The van der Waals surface area contributed by atoms with Gasteiger partial charge >= 0.3 is 5.97 Å². The Bertz CT molecular complexity index is 564. The number of pyridine rings is 1. The summed E-state index contributed by atoms with van der Waals surface area (Å²) in [6, 6.07) is 1.88. The van der Waals surface area contributed by atoms with Crippen LogP contribution in [-0.4, -0.2) is 38.2 Å². The summed E-state index contributed by atoms with van der Waals surface area (Å²) in [5.41, 5.74) is -0.124. The largest absolute Gasteiger partial charge is 0.480 e. The zero-order valence-electron chi connectivity index (χ0n) is 12.9. The van der Waals surface area contributed by atoms with Gasteiger partial charge in [-0.05, 0) is 18.9 Å². The van der Waals surface area contributed by atoms with E-state index in [0.29, 0.717) is 24.3 Å². The predicted octanol–water partition coefficient (Wildman–Crippen LogP) is 2.23. The summed E-state index contributed by atoms with van der Waals surface area (Å²) < 4.78 is 0. The lowest BCUT2D eigenvalue weighted by Gasteiger charge is -2.18. The van der Waals surface area contributed by atoms with Crippen molar-refractivity contribution in [3.63, 3.8) is 0 Å². The smallest absolute Gasteiger partial charge is 0.326 e. The van der Waals surface area contributed by atoms with Crippen molar-refractivity contribution in [3.8, 4) is 0 Å². The number of hydrogen-bond donors (Lipinski definition) is 2. The normalized spacial score (nSPS) is 13.1. The molecule has 0 spiro atoms. The molecule has 23 heavy (non-hydrogen) atoms. The van der Waals surface area contributed by atoms with Crippen molar-refractivity contribution in [1.82, 2.24) is 10.3 Å². The van der Waals surface area contributed by atoms with Crippen LogP contribution in [0.15, 0.2) is 23.4 Å². The molecule has 0 saturated carbocycles. The number of carboxylic acid groups (broad SMARTS) is 1. The minimum atomic E-state index is -1.06. The molecule has 126 valence electrons. The third-order valence-electron chi connectivity index (χ3n) is 3.05. The maximum Gasteiger partial charge on any atom is 0.326 e. The zero-order chi connectivity index (χ0) is 17.4. The predicted molar refractivity (Wildman–Crippen MR) is 85.3 cm³/mol. The highest BCUT2D eigenvalue weighted by molar-refractivity contribution is 8.00. The van der Waals surface area contributed by atoms with Crippen LogP contribution in [-0.2, 0) is 9.59 Å². The molecule has 0 fully saturated rings. The van der Waals surface area contributed by atoms with Gasteiger partial charge in [0.25, 0.3) is 5.69 Å². The molecule has 2 unspecified atom stereocenters. The molecule has 1 aromatic rings. The number of aliphatic carboxylic acids is 1. The summed E-state index contributed by atoms with van der Waals surface area (Å²) in [6.45, 7) is 3.65. The third-order valence-corrected chi connectivity index (χ3v) is 4.36. The fourth-order valence-electron chi connectivity index (χ4n) is 1.83. The lowest BCUT2D eigenvalue weighted by Crippen LogP contribution is -2.44. The molecule has 1 amide bonds. The van der Waals surface area contributed by atoms with Crippen LogP contribution in [0.5, 0.6) is 0 Å². The number of thioether (sulfide) groups is 1. The summed E-state index contributed by atoms with van der Waals surface area (Å²) in [5.74, 6) is -1.44. The molecule has 0 aromatic carbocycles. The third kappa shape index (κ3) is 5.85. The molecule has 1 heterocycles. The molecule has 0 saturated heterocycles. The molecule has 0 aliphatic rings. The SMILES string of the molecule is CCCC(NC(=O)C(CC)Sc1ccc([N+](=O)[O-])cn1)C(=O)O. The van der Waals surface area contributed by atoms with Crippen molar-refractivity contribution < 1.29 is 19.6 Å². The lowest BCUT2D eigenvalue weighted by molar-refractivity contribution is -0.385. The van der Waals surface area contributed by atoms with E-state index in [0.717, 1.165) is 18.0 Å². The number of hydrogen-bond acceptors (Lipinski definition) is 6. The van der Waals surface area contributed by atoms with E-state index in [-0.39, 0.29) is 11.6 Å². The van der Waals surface area contributed by atoms with Crippen molar-refractivity contribution in [2.45, 2.75) is 49.4 Å². The summed E-state index contributed by atoms with van der Waals surface area (Å²) in [5, 5.41) is 22.2. The lowest BCUT2D eigenvalue weighted by atomic mass is 10.1. The second kappa shape index (κ2) is 9.09. The first kappa shape index (κ1) is 18.9. The first-order chi connectivity index (χ1) is 10.9. The highest BCUT2D eigenvalue weighted by Gasteiger charge is 2.25. The first-order valence-corrected chi connectivity index (χ1v) is 8.07.